The molecule has 0 bridgehead atoms. The van der Waals surface area contributed by atoms with Gasteiger partial charge in [-0.15, -0.1) is 0 Å². The van der Waals surface area contributed by atoms with Crippen LogP contribution in [0.4, 0.5) is 10.5 Å². The maximum atomic E-state index is 11.9. The molecule has 0 aliphatic carbocycles. The lowest BCUT2D eigenvalue weighted by molar-refractivity contribution is -0.137. The van der Waals surface area contributed by atoms with E-state index in [9.17, 15) is 14.4 Å². The van der Waals surface area contributed by atoms with Crippen LogP contribution in [0.5, 0.6) is 0 Å². The molecule has 7 heteroatoms. The van der Waals surface area contributed by atoms with Crippen molar-refractivity contribution in [3.8, 4) is 0 Å². The number of anilines is 1. The Balaban J connectivity index is 2.09. The normalized spacial score (nSPS) is 19.5. The molecule has 1 aliphatic rings. The van der Waals surface area contributed by atoms with Crippen LogP contribution in [-0.4, -0.2) is 29.1 Å². The maximum Gasteiger partial charge on any atom is 0.329 e. The van der Waals surface area contributed by atoms with E-state index in [4.69, 9.17) is 5.11 Å². The number of carbonyl (C=O) groups is 3. The molecule has 2 heterocycles. The average Bonchev–Trinajstić information content (AvgIpc) is 2.84. The number of imide groups is 1. The lowest BCUT2D eigenvalue weighted by Crippen LogP contribution is -2.31. The van der Waals surface area contributed by atoms with Gasteiger partial charge in [-0.3, -0.25) is 9.59 Å². The molecule has 0 saturated carbocycles. The second-order valence-electron chi connectivity index (χ2n) is 3.59. The van der Waals surface area contributed by atoms with E-state index in [1.807, 2.05) is 0 Å². The van der Waals surface area contributed by atoms with E-state index in [2.05, 4.69) is 5.32 Å². The summed E-state index contributed by atoms with van der Waals surface area (Å²) >= 11 is 1.38. The number of carbonyl (C=O) groups excluding carboxylic acids is 2. The fraction of sp³-hybridized carbons (Fsp3) is 0.300. The molecule has 1 saturated heterocycles. The fourth-order valence-electron chi connectivity index (χ4n) is 1.62. The van der Waals surface area contributed by atoms with Crippen molar-refractivity contribution in [2.24, 2.45) is 0 Å². The van der Waals surface area contributed by atoms with Crippen LogP contribution in [0.15, 0.2) is 16.8 Å². The summed E-state index contributed by atoms with van der Waals surface area (Å²) in [7, 11) is 0. The molecule has 0 spiro atoms. The van der Waals surface area contributed by atoms with Gasteiger partial charge in [-0.2, -0.15) is 11.3 Å². The number of carboxylic acids is 1. The summed E-state index contributed by atoms with van der Waals surface area (Å²) in [5.74, 6) is -1.38. The molecule has 3 amide bonds. The summed E-state index contributed by atoms with van der Waals surface area (Å²) in [5, 5.41) is 14.5. The molecule has 1 aromatic rings. The van der Waals surface area contributed by atoms with E-state index in [0.29, 0.717) is 5.69 Å². The molecule has 0 aromatic carbocycles. The molecule has 2 rings (SSSR count). The Morgan fingerprint density at radius 1 is 1.53 bits per heavy atom. The Hall–Kier alpha value is -1.89. The van der Waals surface area contributed by atoms with Crippen molar-refractivity contribution >= 4 is 34.9 Å². The summed E-state index contributed by atoms with van der Waals surface area (Å²) in [6.45, 7) is 0. The largest absolute Gasteiger partial charge is 0.481 e. The van der Waals surface area contributed by atoms with Crippen molar-refractivity contribution in [3.63, 3.8) is 0 Å². The minimum absolute atomic E-state index is 0.112. The first kappa shape index (κ1) is 11.6. The monoisotopic (exact) mass is 254 g/mol. The first-order valence-corrected chi connectivity index (χ1v) is 5.92. The highest BCUT2D eigenvalue weighted by atomic mass is 32.1. The molecular weight excluding hydrogens is 244 g/mol. The number of nitrogens with one attached hydrogen (secondary N) is 1. The van der Waals surface area contributed by atoms with E-state index >= 15 is 0 Å². The highest BCUT2D eigenvalue weighted by Gasteiger charge is 2.38. The summed E-state index contributed by atoms with van der Waals surface area (Å²) < 4.78 is 0. The second-order valence-corrected chi connectivity index (χ2v) is 4.37. The lowest BCUT2D eigenvalue weighted by atomic mass is 10.1. The maximum absolute atomic E-state index is 11.9. The molecular formula is C10H10N2O4S. The van der Waals surface area contributed by atoms with Gasteiger partial charge in [0.25, 0.3) is 5.91 Å². The Bertz CT molecular complexity index is 457. The third-order valence-electron chi connectivity index (χ3n) is 2.43. The van der Waals surface area contributed by atoms with Gasteiger partial charge in [-0.1, -0.05) is 0 Å². The van der Waals surface area contributed by atoms with Crippen molar-refractivity contribution in [1.82, 2.24) is 5.32 Å². The number of thiophene rings is 1. The molecule has 2 N–H and O–H groups in total. The summed E-state index contributed by atoms with van der Waals surface area (Å²) in [6, 6.07) is 0.434. The number of amides is 3. The number of nitrogens with zero attached hydrogens (tertiary/aromatic N) is 1. The number of carboxylic acid groups (broad SMARTS) is 1. The van der Waals surface area contributed by atoms with Crippen LogP contribution in [0.1, 0.15) is 12.8 Å². The standard InChI is InChI=1S/C10H10N2O4S/c13-8(14)2-1-7-9(15)12(10(16)11-7)6-3-4-17-5-6/h3-5,7H,1-2H2,(H,11,16)(H,13,14)/t7-/m0/s1. The van der Waals surface area contributed by atoms with Crippen LogP contribution in [0.2, 0.25) is 0 Å². The topological polar surface area (TPSA) is 86.7 Å². The van der Waals surface area contributed by atoms with Gasteiger partial charge in [0.2, 0.25) is 0 Å². The van der Waals surface area contributed by atoms with Crippen molar-refractivity contribution in [1.29, 1.82) is 0 Å². The number of hydrogen-bond donors (Lipinski definition) is 2. The Morgan fingerprint density at radius 2 is 2.29 bits per heavy atom. The van der Waals surface area contributed by atoms with Crippen LogP contribution in [0.3, 0.4) is 0 Å². The number of urea groups is 1. The van der Waals surface area contributed by atoms with Crippen LogP contribution in [-0.2, 0) is 9.59 Å². The summed E-state index contributed by atoms with van der Waals surface area (Å²) in [4.78, 5) is 34.9. The molecule has 0 unspecified atom stereocenters. The van der Waals surface area contributed by atoms with Crippen LogP contribution < -0.4 is 10.2 Å². The first-order valence-electron chi connectivity index (χ1n) is 4.98. The van der Waals surface area contributed by atoms with Crippen LogP contribution >= 0.6 is 11.3 Å². The van der Waals surface area contributed by atoms with E-state index in [-0.39, 0.29) is 12.8 Å². The van der Waals surface area contributed by atoms with Crippen LogP contribution in [0, 0.1) is 0 Å². The van der Waals surface area contributed by atoms with Gasteiger partial charge in [0.15, 0.2) is 0 Å². The van der Waals surface area contributed by atoms with Gasteiger partial charge in [0.1, 0.15) is 6.04 Å². The highest BCUT2D eigenvalue weighted by molar-refractivity contribution is 7.08. The van der Waals surface area contributed by atoms with Crippen molar-refractivity contribution in [2.45, 2.75) is 18.9 Å². The van der Waals surface area contributed by atoms with Gasteiger partial charge >= 0.3 is 12.0 Å². The molecule has 1 aliphatic heterocycles. The second kappa shape index (κ2) is 4.54. The zero-order valence-corrected chi connectivity index (χ0v) is 9.57. The lowest BCUT2D eigenvalue weighted by Gasteiger charge is -2.09. The average molecular weight is 254 g/mol. The van der Waals surface area contributed by atoms with E-state index in [1.54, 1.807) is 16.8 Å². The molecule has 1 atom stereocenters. The van der Waals surface area contributed by atoms with Gasteiger partial charge in [0.05, 0.1) is 5.69 Å². The Kier molecular flexibility index (Phi) is 3.10. The zero-order valence-electron chi connectivity index (χ0n) is 8.75. The minimum Gasteiger partial charge on any atom is -0.481 e. The number of aliphatic carboxylic acids is 1. The third kappa shape index (κ3) is 2.28. The number of rotatable bonds is 4. The first-order chi connectivity index (χ1) is 8.09. The smallest absolute Gasteiger partial charge is 0.329 e. The molecule has 0 radical (unpaired) electrons. The van der Waals surface area contributed by atoms with Gasteiger partial charge < -0.3 is 10.4 Å². The molecule has 1 aromatic heterocycles. The molecule has 1 fully saturated rings. The molecule has 6 nitrogen and oxygen atoms in total. The zero-order chi connectivity index (χ0) is 12.4. The Morgan fingerprint density at radius 3 is 2.88 bits per heavy atom. The van der Waals surface area contributed by atoms with Gasteiger partial charge in [-0.25, -0.2) is 9.69 Å². The van der Waals surface area contributed by atoms with E-state index in [1.165, 1.54) is 11.3 Å². The predicted octanol–water partition coefficient (Wildman–Crippen LogP) is 1.04. The summed E-state index contributed by atoms with van der Waals surface area (Å²) in [5.41, 5.74) is 0.523. The quantitative estimate of drug-likeness (QED) is 0.786. The minimum atomic E-state index is -0.985. The highest BCUT2D eigenvalue weighted by Crippen LogP contribution is 2.23. The van der Waals surface area contributed by atoms with Gasteiger partial charge in [-0.05, 0) is 17.9 Å². The van der Waals surface area contributed by atoms with Crippen molar-refractivity contribution in [2.75, 3.05) is 4.90 Å². The number of hydrogen-bond acceptors (Lipinski definition) is 4. The van der Waals surface area contributed by atoms with E-state index < -0.39 is 23.9 Å². The summed E-state index contributed by atoms with van der Waals surface area (Å²) in [6.07, 6.45) is -0.0330. The van der Waals surface area contributed by atoms with Gasteiger partial charge in [0, 0.05) is 11.8 Å². The fourth-order valence-corrected chi connectivity index (χ4v) is 2.24. The van der Waals surface area contributed by atoms with Crippen molar-refractivity contribution in [3.05, 3.63) is 16.8 Å². The SMILES string of the molecule is O=C(O)CC[C@@H]1NC(=O)N(c2ccsc2)C1=O. The molecule has 17 heavy (non-hydrogen) atoms. The van der Waals surface area contributed by atoms with Crippen LogP contribution in [0.25, 0.3) is 0 Å². The van der Waals surface area contributed by atoms with Crippen molar-refractivity contribution < 1.29 is 19.5 Å². The Labute approximate surface area is 101 Å². The van der Waals surface area contributed by atoms with E-state index in [0.717, 1.165) is 4.90 Å². The third-order valence-corrected chi connectivity index (χ3v) is 3.10. The molecule has 90 valence electrons. The predicted molar refractivity (Wildman–Crippen MR) is 61.0 cm³/mol.